The summed E-state index contributed by atoms with van der Waals surface area (Å²) in [7, 11) is -1.72. The lowest BCUT2D eigenvalue weighted by Crippen LogP contribution is -2.60. The molecule has 3 aliphatic heterocycles. The molecule has 4 aliphatic rings. The Bertz CT molecular complexity index is 2630. The van der Waals surface area contributed by atoms with Gasteiger partial charge in [0, 0.05) is 65.2 Å². The molecule has 0 radical (unpaired) electrons. The van der Waals surface area contributed by atoms with Crippen LogP contribution in [0.4, 0.5) is 0 Å². The molecule has 7 rings (SSSR count). The zero-order valence-electron chi connectivity index (χ0n) is 39.2. The molecule has 2 unspecified atom stereocenters. The van der Waals surface area contributed by atoms with Gasteiger partial charge in [0.2, 0.25) is 41.4 Å². The number of piperidine rings is 1. The molecule has 1 saturated carbocycles. The third-order valence-corrected chi connectivity index (χ3v) is 14.8. The molecule has 1 aliphatic carbocycles. The number of sulfone groups is 1. The number of hydrogen-bond acceptors (Lipinski definition) is 12. The van der Waals surface area contributed by atoms with E-state index in [1.807, 2.05) is 18.2 Å². The van der Waals surface area contributed by atoms with Crippen LogP contribution in [-0.4, -0.2) is 123 Å². The average molecular weight is 978 g/mol. The van der Waals surface area contributed by atoms with E-state index in [2.05, 4.69) is 16.0 Å². The van der Waals surface area contributed by atoms with Gasteiger partial charge in [-0.05, 0) is 111 Å². The maximum Gasteiger partial charge on any atom is 0.329 e. The molecule has 374 valence electrons. The average Bonchev–Trinajstić information content (AvgIpc) is 3.82. The summed E-state index contributed by atoms with van der Waals surface area (Å²) >= 11 is 0. The van der Waals surface area contributed by atoms with Crippen LogP contribution in [0, 0.1) is 11.8 Å². The Balaban J connectivity index is 0.00000188. The fourth-order valence-electron chi connectivity index (χ4n) is 9.99. The number of carbonyl (C=O) groups excluding carboxylic acids is 7. The first-order chi connectivity index (χ1) is 32.6. The highest BCUT2D eigenvalue weighted by Gasteiger charge is 2.45. The van der Waals surface area contributed by atoms with Crippen molar-refractivity contribution in [2.24, 2.45) is 30.4 Å². The van der Waals surface area contributed by atoms with E-state index in [4.69, 9.17) is 21.4 Å². The molecule has 0 bridgehead atoms. The number of imide groups is 1. The van der Waals surface area contributed by atoms with Gasteiger partial charge in [0.15, 0.2) is 9.84 Å². The van der Waals surface area contributed by atoms with Crippen molar-refractivity contribution in [3.05, 3.63) is 64.1 Å². The number of aryl methyl sites for hydroxylation is 1. The normalized spacial score (nSPS) is 23.4. The van der Waals surface area contributed by atoms with Crippen LogP contribution in [0.2, 0.25) is 0 Å². The number of imidazole rings is 1. The van der Waals surface area contributed by atoms with Gasteiger partial charge in [-0.3, -0.25) is 52.8 Å². The zero-order chi connectivity index (χ0) is 50.3. The Morgan fingerprint density at radius 1 is 0.884 bits per heavy atom. The molecule has 2 aromatic carbocycles. The van der Waals surface area contributed by atoms with Crippen LogP contribution in [0.25, 0.3) is 11.0 Å². The molecule has 0 spiro atoms. The largest absolute Gasteiger partial charge is 0.481 e. The summed E-state index contributed by atoms with van der Waals surface area (Å²) in [6, 6.07) is 7.66. The third-order valence-electron chi connectivity index (χ3n) is 13.6. The lowest BCUT2D eigenvalue weighted by molar-refractivity contribution is -0.145. The second-order valence-electron chi connectivity index (χ2n) is 18.7. The van der Waals surface area contributed by atoms with Crippen LogP contribution in [0.1, 0.15) is 101 Å². The first-order valence-electron chi connectivity index (χ1n) is 23.3. The maximum absolute atomic E-state index is 13.9. The standard InChI is InChI=1S/C45H59N9O10S.C2H4O2/c1-51-37-22-29(9-14-34(37)54(45(51)62)36-16-18-39(56)50-43(36)60)21-26-3-5-27(6-4-26)23-40(57)52-20-19-30-10-15-35(53(30)44(61)32(46)25-52)42(59)49-33(13-17-38(47)55)41(58)48-24-28-7-11-31(12-8-28)65(2,63)64;1-2(3)4/h7-9,11-12,14,22,26-27,30,32-33,35-36H,3-6,10,13,15-21,23-25,46H2,1-2H3,(H2,47,55)(H,48,58)(H,49,59)(H,50,56,60);1H3,(H,3,4)/t26?,27?,30?,32-,33+,35-,36?;/m0./s1. The molecule has 5 atom stereocenters. The molecular formula is C47H63N9O12S. The number of nitrogens with zero attached hydrogens (tertiary/aromatic N) is 4. The number of aromatic nitrogens is 2. The molecule has 3 saturated heterocycles. The van der Waals surface area contributed by atoms with Crippen molar-refractivity contribution in [1.82, 2.24) is 34.9 Å². The van der Waals surface area contributed by atoms with E-state index < -0.39 is 69.5 Å². The topological polar surface area (TPSA) is 312 Å². The quantitative estimate of drug-likeness (QED) is 0.120. The Hall–Kier alpha value is -6.42. The second-order valence-corrected chi connectivity index (χ2v) is 20.8. The smallest absolute Gasteiger partial charge is 0.329 e. The minimum Gasteiger partial charge on any atom is -0.481 e. The van der Waals surface area contributed by atoms with Gasteiger partial charge in [0.1, 0.15) is 24.2 Å². The Morgan fingerprint density at radius 2 is 1.54 bits per heavy atom. The lowest BCUT2D eigenvalue weighted by Gasteiger charge is -2.38. The number of amides is 7. The number of primary amides is 1. The molecule has 21 nitrogen and oxygen atoms in total. The van der Waals surface area contributed by atoms with E-state index >= 15 is 0 Å². The zero-order valence-corrected chi connectivity index (χ0v) is 40.0. The fraction of sp³-hybridized carbons (Fsp3) is 0.553. The first kappa shape index (κ1) is 52.0. The highest BCUT2D eigenvalue weighted by Crippen LogP contribution is 2.35. The minimum atomic E-state index is -3.40. The lowest BCUT2D eigenvalue weighted by atomic mass is 9.78. The molecule has 69 heavy (non-hydrogen) atoms. The van der Waals surface area contributed by atoms with Crippen LogP contribution in [-0.2, 0) is 68.2 Å². The maximum atomic E-state index is 13.9. The highest BCUT2D eigenvalue weighted by molar-refractivity contribution is 7.90. The molecule has 7 amide bonds. The van der Waals surface area contributed by atoms with Crippen LogP contribution in [0.15, 0.2) is 52.2 Å². The van der Waals surface area contributed by atoms with Gasteiger partial charge in [0.05, 0.1) is 15.9 Å². The summed E-state index contributed by atoms with van der Waals surface area (Å²) in [5.74, 6) is -3.38. The van der Waals surface area contributed by atoms with E-state index in [9.17, 15) is 46.8 Å². The predicted molar refractivity (Wildman–Crippen MR) is 250 cm³/mol. The summed E-state index contributed by atoms with van der Waals surface area (Å²) in [4.78, 5) is 116. The summed E-state index contributed by atoms with van der Waals surface area (Å²) in [6.45, 7) is 1.49. The van der Waals surface area contributed by atoms with Crippen molar-refractivity contribution in [2.45, 2.75) is 132 Å². The van der Waals surface area contributed by atoms with E-state index in [1.165, 1.54) is 21.6 Å². The van der Waals surface area contributed by atoms with Crippen LogP contribution >= 0.6 is 0 Å². The summed E-state index contributed by atoms with van der Waals surface area (Å²) in [5, 5.41) is 15.2. The first-order valence-corrected chi connectivity index (χ1v) is 25.2. The number of carbonyl (C=O) groups is 8. The van der Waals surface area contributed by atoms with Crippen molar-refractivity contribution < 1.29 is 51.9 Å². The molecule has 4 fully saturated rings. The van der Waals surface area contributed by atoms with Gasteiger partial charge in [-0.1, -0.05) is 18.2 Å². The van der Waals surface area contributed by atoms with Crippen LogP contribution in [0.3, 0.4) is 0 Å². The number of carboxylic acid groups (broad SMARTS) is 1. The number of aliphatic carboxylic acids is 1. The predicted octanol–water partition coefficient (Wildman–Crippen LogP) is 0.537. The third kappa shape index (κ3) is 13.0. The van der Waals surface area contributed by atoms with Gasteiger partial charge in [0.25, 0.3) is 5.97 Å². The summed E-state index contributed by atoms with van der Waals surface area (Å²) in [5.41, 5.74) is 14.6. The molecule has 8 N–H and O–H groups in total. The van der Waals surface area contributed by atoms with E-state index in [-0.39, 0.29) is 73.1 Å². The van der Waals surface area contributed by atoms with Crippen molar-refractivity contribution in [3.8, 4) is 0 Å². The van der Waals surface area contributed by atoms with E-state index in [0.29, 0.717) is 49.2 Å². The number of hydrogen-bond donors (Lipinski definition) is 6. The van der Waals surface area contributed by atoms with Crippen molar-refractivity contribution >= 4 is 68.2 Å². The van der Waals surface area contributed by atoms with E-state index in [0.717, 1.165) is 56.4 Å². The molecule has 1 aromatic heterocycles. The highest BCUT2D eigenvalue weighted by atomic mass is 32.2. The number of carboxylic acids is 1. The Kier molecular flexibility index (Phi) is 16.8. The molecule has 3 aromatic rings. The van der Waals surface area contributed by atoms with Crippen molar-refractivity contribution in [1.29, 1.82) is 0 Å². The number of nitrogens with two attached hydrogens (primary N) is 2. The fourth-order valence-corrected chi connectivity index (χ4v) is 10.6. The van der Waals surface area contributed by atoms with Crippen LogP contribution < -0.4 is 33.1 Å². The van der Waals surface area contributed by atoms with Gasteiger partial charge in [-0.15, -0.1) is 0 Å². The monoisotopic (exact) mass is 977 g/mol. The minimum absolute atomic E-state index is 0.00955. The Morgan fingerprint density at radius 3 is 2.17 bits per heavy atom. The van der Waals surface area contributed by atoms with Gasteiger partial charge in [-0.2, -0.15) is 0 Å². The molecular weight excluding hydrogens is 915 g/mol. The van der Waals surface area contributed by atoms with Gasteiger partial charge in [-0.25, -0.2) is 13.2 Å². The summed E-state index contributed by atoms with van der Waals surface area (Å²) < 4.78 is 26.7. The molecule has 4 heterocycles. The SMILES string of the molecule is CC(=O)O.Cn1c(=O)n(C2CCC(=O)NC2=O)c2ccc(CC3CCC(CC(=O)N4CCC5CC[C@@H](C(=O)N[C@H](CCC(N)=O)C(=O)NCc6ccc(S(C)(=O)=O)cc6)N5C(=O)[C@@H](N)C4)CC3)cc21. The van der Waals surface area contributed by atoms with Gasteiger partial charge >= 0.3 is 5.69 Å². The van der Waals surface area contributed by atoms with Crippen molar-refractivity contribution in [3.63, 3.8) is 0 Å². The number of fused-ring (bicyclic) bond motifs is 2. The van der Waals surface area contributed by atoms with Crippen molar-refractivity contribution in [2.75, 3.05) is 19.3 Å². The number of rotatable bonds is 14. The van der Waals surface area contributed by atoms with Gasteiger partial charge < -0.3 is 37.0 Å². The second kappa shape index (κ2) is 22.3. The summed E-state index contributed by atoms with van der Waals surface area (Å²) in [6.07, 6.45) is 7.30. The number of nitrogens with one attached hydrogen (secondary N) is 3. The Labute approximate surface area is 399 Å². The molecule has 22 heteroatoms. The van der Waals surface area contributed by atoms with Crippen LogP contribution in [0.5, 0.6) is 0 Å². The number of benzene rings is 2. The van der Waals surface area contributed by atoms with E-state index in [1.54, 1.807) is 28.6 Å².